The first kappa shape index (κ1) is 22.6. The first-order valence-corrected chi connectivity index (χ1v) is 11.2. The molecule has 1 aromatic carbocycles. The second kappa shape index (κ2) is 10.2. The van der Waals surface area contributed by atoms with Crippen molar-refractivity contribution in [3.05, 3.63) is 35.6 Å². The Morgan fingerprint density at radius 3 is 2.64 bits per heavy atom. The normalized spacial score (nSPS) is 16.8. The molecule has 0 aromatic heterocycles. The van der Waals surface area contributed by atoms with Gasteiger partial charge in [-0.3, -0.25) is 4.99 Å². The fraction of sp³-hybridized carbons (Fsp3) is 0.632. The van der Waals surface area contributed by atoms with E-state index in [0.29, 0.717) is 45.4 Å². The van der Waals surface area contributed by atoms with E-state index in [1.807, 2.05) is 26.8 Å². The van der Waals surface area contributed by atoms with Crippen LogP contribution in [-0.2, 0) is 20.2 Å². The van der Waals surface area contributed by atoms with Crippen molar-refractivity contribution in [1.29, 1.82) is 0 Å². The van der Waals surface area contributed by atoms with Crippen LogP contribution in [0.25, 0.3) is 0 Å². The molecule has 0 amide bonds. The average Bonchev–Trinajstić information content (AvgIpc) is 2.67. The summed E-state index contributed by atoms with van der Waals surface area (Å²) >= 11 is 0. The van der Waals surface area contributed by atoms with Crippen molar-refractivity contribution in [3.8, 4) is 0 Å². The average molecular weight is 415 g/mol. The highest BCUT2D eigenvalue weighted by Gasteiger charge is 2.24. The molecule has 1 aliphatic heterocycles. The number of ether oxygens (including phenoxy) is 1. The van der Waals surface area contributed by atoms with Crippen molar-refractivity contribution >= 4 is 16.0 Å². The number of guanidine groups is 1. The van der Waals surface area contributed by atoms with Crippen LogP contribution >= 0.6 is 0 Å². The van der Waals surface area contributed by atoms with Crippen LogP contribution in [-0.4, -0.2) is 70.4 Å². The van der Waals surface area contributed by atoms with Crippen LogP contribution < -0.4 is 10.6 Å². The number of aliphatic imine (C=N–C) groups is 1. The Morgan fingerprint density at radius 1 is 1.29 bits per heavy atom. The molecule has 0 aliphatic carbocycles. The van der Waals surface area contributed by atoms with Gasteiger partial charge in [-0.2, -0.15) is 4.31 Å². The highest BCUT2D eigenvalue weighted by atomic mass is 32.2. The maximum Gasteiger partial charge on any atom is 0.215 e. The molecule has 0 bridgehead atoms. The lowest BCUT2D eigenvalue weighted by Crippen LogP contribution is -2.45. The quantitative estimate of drug-likeness (QED) is 0.495. The minimum atomic E-state index is -3.32. The van der Waals surface area contributed by atoms with Gasteiger partial charge in [0.15, 0.2) is 5.96 Å². The van der Waals surface area contributed by atoms with Crippen LogP contribution in [0.1, 0.15) is 26.3 Å². The van der Waals surface area contributed by atoms with Crippen molar-refractivity contribution in [2.24, 2.45) is 4.99 Å². The van der Waals surface area contributed by atoms with Gasteiger partial charge in [0.1, 0.15) is 5.82 Å². The van der Waals surface area contributed by atoms with Crippen molar-refractivity contribution < 1.29 is 17.5 Å². The lowest BCUT2D eigenvalue weighted by molar-refractivity contribution is 0.0730. The van der Waals surface area contributed by atoms with Crippen molar-refractivity contribution in [3.63, 3.8) is 0 Å². The third-order valence-electron chi connectivity index (χ3n) is 4.60. The summed E-state index contributed by atoms with van der Waals surface area (Å²) < 4.78 is 45.0. The first-order chi connectivity index (χ1) is 13.2. The molecule has 9 heteroatoms. The predicted molar refractivity (Wildman–Crippen MR) is 110 cm³/mol. The Morgan fingerprint density at radius 2 is 2.00 bits per heavy atom. The number of nitrogens with zero attached hydrogens (tertiary/aromatic N) is 2. The third kappa shape index (κ3) is 6.72. The Balaban J connectivity index is 1.94. The van der Waals surface area contributed by atoms with Crippen LogP contribution in [0.2, 0.25) is 0 Å². The molecule has 1 saturated heterocycles. The summed E-state index contributed by atoms with van der Waals surface area (Å²) in [6.45, 7) is 8.96. The van der Waals surface area contributed by atoms with Crippen molar-refractivity contribution in [2.45, 2.75) is 26.2 Å². The van der Waals surface area contributed by atoms with E-state index in [9.17, 15) is 12.8 Å². The first-order valence-electron chi connectivity index (χ1n) is 9.58. The van der Waals surface area contributed by atoms with Crippen LogP contribution in [0, 0.1) is 5.82 Å². The molecule has 2 N–H and O–H groups in total. The SMILES string of the molecule is CCNC(=NCC(C)(C)c1cccc(F)c1)NCCS(=O)(=O)N1CCOCC1. The Bertz CT molecular complexity index is 762. The monoisotopic (exact) mass is 414 g/mol. The maximum atomic E-state index is 13.5. The predicted octanol–water partition coefficient (Wildman–Crippen LogP) is 1.32. The van der Waals surface area contributed by atoms with Gasteiger partial charge < -0.3 is 15.4 Å². The van der Waals surface area contributed by atoms with Crippen molar-refractivity contribution in [2.75, 3.05) is 51.7 Å². The second-order valence-electron chi connectivity index (χ2n) is 7.34. The zero-order valence-electron chi connectivity index (χ0n) is 16.9. The lowest BCUT2D eigenvalue weighted by Gasteiger charge is -2.26. The Labute approximate surface area is 167 Å². The molecule has 0 spiro atoms. The van der Waals surface area contributed by atoms with Gasteiger partial charge in [0.25, 0.3) is 0 Å². The van der Waals surface area contributed by atoms with Crippen LogP contribution in [0.4, 0.5) is 4.39 Å². The van der Waals surface area contributed by atoms with E-state index < -0.39 is 10.0 Å². The second-order valence-corrected chi connectivity index (χ2v) is 9.43. The minimum Gasteiger partial charge on any atom is -0.379 e. The van der Waals surface area contributed by atoms with Gasteiger partial charge in [0, 0.05) is 31.6 Å². The molecular weight excluding hydrogens is 383 g/mol. The Kier molecular flexibility index (Phi) is 8.21. The summed E-state index contributed by atoms with van der Waals surface area (Å²) in [7, 11) is -3.32. The number of hydrogen-bond donors (Lipinski definition) is 2. The van der Waals surface area contributed by atoms with E-state index in [-0.39, 0.29) is 23.5 Å². The van der Waals surface area contributed by atoms with E-state index in [0.717, 1.165) is 5.56 Å². The molecule has 1 aliphatic rings. The molecule has 1 fully saturated rings. The molecular formula is C19H31FN4O3S. The maximum absolute atomic E-state index is 13.5. The molecule has 0 unspecified atom stereocenters. The summed E-state index contributed by atoms with van der Waals surface area (Å²) in [4.78, 5) is 4.57. The molecule has 7 nitrogen and oxygen atoms in total. The van der Waals surface area contributed by atoms with Gasteiger partial charge in [-0.1, -0.05) is 26.0 Å². The zero-order chi connectivity index (χ0) is 20.6. The van der Waals surface area contributed by atoms with Crippen LogP contribution in [0.15, 0.2) is 29.3 Å². The Hall–Kier alpha value is -1.71. The summed E-state index contributed by atoms with van der Waals surface area (Å²) in [5.41, 5.74) is 0.506. The van der Waals surface area contributed by atoms with Gasteiger partial charge in [-0.25, -0.2) is 12.8 Å². The summed E-state index contributed by atoms with van der Waals surface area (Å²) in [6, 6.07) is 6.51. The highest BCUT2D eigenvalue weighted by Crippen LogP contribution is 2.24. The van der Waals surface area contributed by atoms with Gasteiger partial charge >= 0.3 is 0 Å². The fourth-order valence-corrected chi connectivity index (χ4v) is 4.20. The van der Waals surface area contributed by atoms with Crippen LogP contribution in [0.3, 0.4) is 0 Å². The van der Waals surface area contributed by atoms with E-state index in [1.165, 1.54) is 16.4 Å². The highest BCUT2D eigenvalue weighted by molar-refractivity contribution is 7.89. The summed E-state index contributed by atoms with van der Waals surface area (Å²) in [6.07, 6.45) is 0. The zero-order valence-corrected chi connectivity index (χ0v) is 17.7. The molecule has 0 radical (unpaired) electrons. The number of hydrogen-bond acceptors (Lipinski definition) is 4. The largest absolute Gasteiger partial charge is 0.379 e. The number of sulfonamides is 1. The minimum absolute atomic E-state index is 0.00922. The molecule has 28 heavy (non-hydrogen) atoms. The number of nitrogens with one attached hydrogen (secondary N) is 2. The van der Waals surface area contributed by atoms with E-state index in [2.05, 4.69) is 15.6 Å². The van der Waals surface area contributed by atoms with Crippen LogP contribution in [0.5, 0.6) is 0 Å². The topological polar surface area (TPSA) is 83.0 Å². The van der Waals surface area contributed by atoms with E-state index in [1.54, 1.807) is 6.07 Å². The number of halogens is 1. The standard InChI is InChI=1S/C19H31FN4O3S/c1-4-21-18(22-8-13-28(25,26)24-9-11-27-12-10-24)23-15-19(2,3)16-6-5-7-17(20)14-16/h5-7,14H,4,8-13,15H2,1-3H3,(H2,21,22,23). The molecule has 1 heterocycles. The third-order valence-corrected chi connectivity index (χ3v) is 6.47. The van der Waals surface area contributed by atoms with E-state index >= 15 is 0 Å². The number of morpholine rings is 1. The molecule has 0 saturated carbocycles. The lowest BCUT2D eigenvalue weighted by atomic mass is 9.85. The molecule has 1 aromatic rings. The number of rotatable bonds is 8. The fourth-order valence-electron chi connectivity index (χ4n) is 2.87. The molecule has 2 rings (SSSR count). The van der Waals surface area contributed by atoms with Gasteiger partial charge in [-0.05, 0) is 24.6 Å². The number of benzene rings is 1. The summed E-state index contributed by atoms with van der Waals surface area (Å²) in [5, 5.41) is 6.20. The van der Waals surface area contributed by atoms with Crippen molar-refractivity contribution in [1.82, 2.24) is 14.9 Å². The van der Waals surface area contributed by atoms with Gasteiger partial charge in [-0.15, -0.1) is 0 Å². The van der Waals surface area contributed by atoms with Gasteiger partial charge in [0.05, 0.1) is 25.5 Å². The molecule has 158 valence electrons. The van der Waals surface area contributed by atoms with E-state index in [4.69, 9.17) is 4.74 Å². The summed E-state index contributed by atoms with van der Waals surface area (Å²) in [5.74, 6) is 0.266. The smallest absolute Gasteiger partial charge is 0.215 e. The molecule has 0 atom stereocenters. The van der Waals surface area contributed by atoms with Gasteiger partial charge in [0.2, 0.25) is 10.0 Å².